The fourth-order valence-corrected chi connectivity index (χ4v) is 4.20. The van der Waals surface area contributed by atoms with Crippen molar-refractivity contribution in [3.63, 3.8) is 0 Å². The maximum absolute atomic E-state index is 13.4. The normalized spacial score (nSPS) is 13.9. The van der Waals surface area contributed by atoms with Crippen LogP contribution in [0.2, 0.25) is 0 Å². The number of aliphatic hydroxyl groups is 1. The van der Waals surface area contributed by atoms with Crippen LogP contribution in [0.25, 0.3) is 11.3 Å². The maximum atomic E-state index is 13.4. The van der Waals surface area contributed by atoms with E-state index in [2.05, 4.69) is 10.4 Å². The Morgan fingerprint density at radius 1 is 1.00 bits per heavy atom. The van der Waals surface area contributed by atoms with Gasteiger partial charge in [-0.1, -0.05) is 60.7 Å². The molecule has 3 rings (SSSR count). The minimum atomic E-state index is -1.12. The van der Waals surface area contributed by atoms with E-state index in [0.717, 1.165) is 27.3 Å². The Kier molecular flexibility index (Phi) is 10.2. The van der Waals surface area contributed by atoms with Gasteiger partial charge in [0.2, 0.25) is 5.91 Å². The lowest BCUT2D eigenvalue weighted by Crippen LogP contribution is -2.57. The largest absolute Gasteiger partial charge is 0.465 e. The van der Waals surface area contributed by atoms with Gasteiger partial charge in [-0.15, -0.1) is 0 Å². The fraction of sp³-hybridized carbons (Fsp3) is 0.367. The molecule has 2 amide bonds. The number of aromatic nitrogens is 1. The molecule has 0 radical (unpaired) electrons. The first-order valence-corrected chi connectivity index (χ1v) is 13.0. The van der Waals surface area contributed by atoms with Crippen molar-refractivity contribution in [2.24, 2.45) is 11.1 Å². The number of benzene rings is 2. The van der Waals surface area contributed by atoms with Crippen molar-refractivity contribution in [3.8, 4) is 11.3 Å². The molecule has 0 spiro atoms. The van der Waals surface area contributed by atoms with E-state index in [9.17, 15) is 19.8 Å². The minimum Gasteiger partial charge on any atom is -0.465 e. The lowest BCUT2D eigenvalue weighted by Gasteiger charge is -2.37. The first-order chi connectivity index (χ1) is 18.5. The van der Waals surface area contributed by atoms with Gasteiger partial charge in [0.15, 0.2) is 0 Å². The van der Waals surface area contributed by atoms with Gasteiger partial charge in [-0.3, -0.25) is 15.2 Å². The third-order valence-corrected chi connectivity index (χ3v) is 7.28. The number of nitrogens with one attached hydrogen (secondary N) is 1. The molecule has 0 aliphatic rings. The zero-order valence-electron chi connectivity index (χ0n) is 23.0. The predicted molar refractivity (Wildman–Crippen MR) is 151 cm³/mol. The van der Waals surface area contributed by atoms with Crippen molar-refractivity contribution in [3.05, 3.63) is 90.1 Å². The van der Waals surface area contributed by atoms with Gasteiger partial charge < -0.3 is 20.8 Å². The molecule has 2 aromatic carbocycles. The van der Waals surface area contributed by atoms with Gasteiger partial charge >= 0.3 is 6.09 Å². The lowest BCUT2D eigenvalue weighted by molar-refractivity contribution is -0.138. The number of hydrogen-bond donors (Lipinski definition) is 4. The van der Waals surface area contributed by atoms with Crippen LogP contribution in [-0.4, -0.2) is 68.9 Å². The molecule has 0 saturated carbocycles. The summed E-state index contributed by atoms with van der Waals surface area (Å²) in [4.78, 5) is 30.4. The number of nitrogens with zero attached hydrogens (tertiary/aromatic N) is 3. The first kappa shape index (κ1) is 29.8. The van der Waals surface area contributed by atoms with Gasteiger partial charge in [0.25, 0.3) is 0 Å². The van der Waals surface area contributed by atoms with Gasteiger partial charge in [-0.2, -0.15) is 0 Å². The molecule has 208 valence electrons. The van der Waals surface area contributed by atoms with Crippen LogP contribution >= 0.6 is 0 Å². The number of hydrogen-bond acceptors (Lipinski definition) is 6. The number of aliphatic hydroxyl groups excluding tert-OH is 1. The number of carboxylic acid groups (broad SMARTS) is 1. The van der Waals surface area contributed by atoms with E-state index in [1.54, 1.807) is 32.0 Å². The van der Waals surface area contributed by atoms with Gasteiger partial charge in [0.05, 0.1) is 17.2 Å². The molecule has 3 aromatic rings. The molecular formula is C30H39N5O4. The van der Waals surface area contributed by atoms with E-state index in [0.29, 0.717) is 13.0 Å². The smallest absolute Gasteiger partial charge is 0.407 e. The SMILES string of the molecule is C[C@H](N(C)C(=O)O)C(C)(C)C(=O)NN(Cc1ccc(-c2ccccn2)cc1)C[C@H](O)[C@@H](N)Cc1ccccc1. The second kappa shape index (κ2) is 13.3. The van der Waals surface area contributed by atoms with E-state index >= 15 is 0 Å². The zero-order chi connectivity index (χ0) is 28.6. The third-order valence-electron chi connectivity index (χ3n) is 7.28. The van der Waals surface area contributed by atoms with Crippen LogP contribution in [0, 0.1) is 5.41 Å². The summed E-state index contributed by atoms with van der Waals surface area (Å²) in [6.45, 7) is 5.48. The van der Waals surface area contributed by atoms with E-state index in [-0.39, 0.29) is 12.5 Å². The van der Waals surface area contributed by atoms with Gasteiger partial charge in [-0.25, -0.2) is 9.80 Å². The predicted octanol–water partition coefficient (Wildman–Crippen LogP) is 3.54. The summed E-state index contributed by atoms with van der Waals surface area (Å²) in [5, 5.41) is 22.0. The Bertz CT molecular complexity index is 1210. The molecule has 0 aliphatic heterocycles. The zero-order valence-corrected chi connectivity index (χ0v) is 23.0. The summed E-state index contributed by atoms with van der Waals surface area (Å²) < 4.78 is 0. The molecule has 1 heterocycles. The van der Waals surface area contributed by atoms with Crippen LogP contribution < -0.4 is 11.2 Å². The van der Waals surface area contributed by atoms with Gasteiger partial charge in [0.1, 0.15) is 0 Å². The average molecular weight is 534 g/mol. The lowest BCUT2D eigenvalue weighted by atomic mass is 9.84. The first-order valence-electron chi connectivity index (χ1n) is 13.0. The third kappa shape index (κ3) is 8.10. The highest BCUT2D eigenvalue weighted by atomic mass is 16.4. The number of carbonyl (C=O) groups excluding carboxylic acids is 1. The molecule has 0 bridgehead atoms. The number of pyridine rings is 1. The van der Waals surface area contributed by atoms with Crippen molar-refractivity contribution < 1.29 is 19.8 Å². The molecule has 1 aromatic heterocycles. The van der Waals surface area contributed by atoms with E-state index < -0.39 is 29.7 Å². The number of amides is 2. The fourth-order valence-electron chi connectivity index (χ4n) is 4.20. The molecule has 0 saturated heterocycles. The summed E-state index contributed by atoms with van der Waals surface area (Å²) in [5.74, 6) is -0.364. The minimum absolute atomic E-state index is 0.0843. The summed E-state index contributed by atoms with van der Waals surface area (Å²) in [6, 6.07) is 22.1. The molecule has 39 heavy (non-hydrogen) atoms. The van der Waals surface area contributed by atoms with Crippen molar-refractivity contribution >= 4 is 12.0 Å². The summed E-state index contributed by atoms with van der Waals surface area (Å²) in [6.07, 6.45) is 0.177. The molecular weight excluding hydrogens is 494 g/mol. The Labute approximate surface area is 230 Å². The molecule has 0 fully saturated rings. The highest BCUT2D eigenvalue weighted by molar-refractivity contribution is 5.83. The summed E-state index contributed by atoms with van der Waals surface area (Å²) in [7, 11) is 1.44. The van der Waals surface area contributed by atoms with E-state index in [1.165, 1.54) is 7.05 Å². The molecule has 0 aliphatic carbocycles. The summed E-state index contributed by atoms with van der Waals surface area (Å²) in [5.41, 5.74) is 12.0. The van der Waals surface area contributed by atoms with Crippen LogP contribution in [-0.2, 0) is 17.8 Å². The van der Waals surface area contributed by atoms with Crippen molar-refractivity contribution in [2.75, 3.05) is 13.6 Å². The highest BCUT2D eigenvalue weighted by Crippen LogP contribution is 2.25. The van der Waals surface area contributed by atoms with Crippen LogP contribution in [0.5, 0.6) is 0 Å². The second-order valence-corrected chi connectivity index (χ2v) is 10.4. The quantitative estimate of drug-likeness (QED) is 0.262. The number of rotatable bonds is 12. The van der Waals surface area contributed by atoms with E-state index in [4.69, 9.17) is 5.73 Å². The Morgan fingerprint density at radius 2 is 1.64 bits per heavy atom. The molecule has 9 nitrogen and oxygen atoms in total. The Hall–Kier alpha value is -3.79. The highest BCUT2D eigenvalue weighted by Gasteiger charge is 2.39. The summed E-state index contributed by atoms with van der Waals surface area (Å²) >= 11 is 0. The Balaban J connectivity index is 1.78. The molecule has 3 atom stereocenters. The molecule has 9 heteroatoms. The standard InChI is InChI=1S/C30H39N5O4/c1-21(34(4)29(38)39)30(2,3)28(37)33-35(20-27(36)25(31)18-22-10-6-5-7-11-22)19-23-13-15-24(16-14-23)26-12-8-9-17-32-26/h5-17,21,25,27,36H,18-20,31H2,1-4H3,(H,33,37)(H,38,39)/t21-,25-,27-/m0/s1. The maximum Gasteiger partial charge on any atom is 0.407 e. The van der Waals surface area contributed by atoms with Crippen molar-refractivity contribution in [2.45, 2.75) is 51.9 Å². The average Bonchev–Trinajstić information content (AvgIpc) is 2.93. The van der Waals surface area contributed by atoms with Crippen LogP contribution in [0.4, 0.5) is 4.79 Å². The van der Waals surface area contributed by atoms with Crippen LogP contribution in [0.15, 0.2) is 79.0 Å². The topological polar surface area (TPSA) is 132 Å². The number of nitrogens with two attached hydrogens (primary N) is 1. The van der Waals surface area contributed by atoms with Gasteiger partial charge in [0, 0.05) is 44.0 Å². The second-order valence-electron chi connectivity index (χ2n) is 10.4. The monoisotopic (exact) mass is 533 g/mol. The molecule has 0 unspecified atom stereocenters. The number of hydrazine groups is 1. The van der Waals surface area contributed by atoms with Crippen molar-refractivity contribution in [1.29, 1.82) is 0 Å². The Morgan fingerprint density at radius 3 is 2.23 bits per heavy atom. The van der Waals surface area contributed by atoms with Crippen molar-refractivity contribution in [1.82, 2.24) is 20.3 Å². The van der Waals surface area contributed by atoms with Crippen LogP contribution in [0.3, 0.4) is 0 Å². The van der Waals surface area contributed by atoms with Crippen LogP contribution in [0.1, 0.15) is 31.9 Å². The number of carbonyl (C=O) groups is 2. The molecule has 5 N–H and O–H groups in total. The van der Waals surface area contributed by atoms with E-state index in [1.807, 2.05) is 72.8 Å². The van der Waals surface area contributed by atoms with Gasteiger partial charge in [-0.05, 0) is 50.5 Å².